The molecule has 23 heavy (non-hydrogen) atoms. The third-order valence-corrected chi connectivity index (χ3v) is 3.74. The molecular formula is C15H21N3O5. The van der Waals surface area contributed by atoms with Gasteiger partial charge in [-0.15, -0.1) is 0 Å². The van der Waals surface area contributed by atoms with Crippen LogP contribution in [-0.2, 0) is 19.1 Å². The molecule has 0 aromatic carbocycles. The third kappa shape index (κ3) is 4.54. The summed E-state index contributed by atoms with van der Waals surface area (Å²) < 4.78 is 10.1. The van der Waals surface area contributed by atoms with Crippen molar-refractivity contribution in [3.05, 3.63) is 11.8 Å². The van der Waals surface area contributed by atoms with Crippen molar-refractivity contribution >= 4 is 23.6 Å². The molecule has 1 aromatic rings. The summed E-state index contributed by atoms with van der Waals surface area (Å²) in [6.07, 6.45) is 0.449. The summed E-state index contributed by atoms with van der Waals surface area (Å²) in [5, 5.41) is 6.16. The van der Waals surface area contributed by atoms with E-state index in [1.165, 1.54) is 13.8 Å². The van der Waals surface area contributed by atoms with Crippen LogP contribution in [0.3, 0.4) is 0 Å². The van der Waals surface area contributed by atoms with Crippen LogP contribution in [0.25, 0.3) is 0 Å². The molecule has 1 aliphatic rings. The molecule has 1 aliphatic heterocycles. The summed E-state index contributed by atoms with van der Waals surface area (Å²) in [7, 11) is 0. The maximum atomic E-state index is 12.2. The zero-order valence-corrected chi connectivity index (χ0v) is 13.5. The molecular weight excluding hydrogens is 302 g/mol. The van der Waals surface area contributed by atoms with Crippen molar-refractivity contribution < 1.29 is 23.6 Å². The lowest BCUT2D eigenvalue weighted by molar-refractivity contribution is -0.159. The van der Waals surface area contributed by atoms with Crippen LogP contribution in [0, 0.1) is 12.8 Å². The zero-order valence-electron chi connectivity index (χ0n) is 13.5. The lowest BCUT2D eigenvalue weighted by atomic mass is 9.98. The minimum atomic E-state index is -0.952. The highest BCUT2D eigenvalue weighted by Crippen LogP contribution is 2.19. The molecule has 0 aliphatic carbocycles. The number of amides is 2. The van der Waals surface area contributed by atoms with Gasteiger partial charge in [0.1, 0.15) is 5.76 Å². The molecule has 0 radical (unpaired) electrons. The molecule has 1 aromatic heterocycles. The minimum absolute atomic E-state index is 0.0605. The van der Waals surface area contributed by atoms with Crippen LogP contribution in [-0.4, -0.2) is 47.0 Å². The molecule has 126 valence electrons. The average Bonchev–Trinajstić information content (AvgIpc) is 2.92. The van der Waals surface area contributed by atoms with E-state index in [0.717, 1.165) is 6.42 Å². The number of nitrogens with zero attached hydrogens (tertiary/aromatic N) is 2. The summed E-state index contributed by atoms with van der Waals surface area (Å²) in [6.45, 7) is 5.66. The Kier molecular flexibility index (Phi) is 5.36. The Morgan fingerprint density at radius 3 is 2.83 bits per heavy atom. The molecule has 0 spiro atoms. The van der Waals surface area contributed by atoms with Crippen LogP contribution in [0.1, 0.15) is 32.4 Å². The largest absolute Gasteiger partial charge is 0.452 e. The number of carbonyl (C=O) groups is 3. The number of ether oxygens (including phenoxy) is 1. The number of esters is 1. The number of aromatic nitrogens is 1. The van der Waals surface area contributed by atoms with Crippen molar-refractivity contribution in [2.45, 2.75) is 39.7 Å². The second-order valence-electron chi connectivity index (χ2n) is 5.70. The number of aryl methyl sites for hydroxylation is 1. The van der Waals surface area contributed by atoms with E-state index in [1.54, 1.807) is 17.9 Å². The Bertz CT molecular complexity index is 598. The fraction of sp³-hybridized carbons (Fsp3) is 0.600. The molecule has 2 rings (SSSR count). The molecule has 0 unspecified atom stereocenters. The summed E-state index contributed by atoms with van der Waals surface area (Å²) in [4.78, 5) is 37.2. The summed E-state index contributed by atoms with van der Waals surface area (Å²) >= 11 is 0. The van der Waals surface area contributed by atoms with Crippen LogP contribution in [0.15, 0.2) is 10.6 Å². The van der Waals surface area contributed by atoms with Gasteiger partial charge in [0.15, 0.2) is 11.9 Å². The van der Waals surface area contributed by atoms with Crippen molar-refractivity contribution in [3.63, 3.8) is 0 Å². The number of hydrogen-bond donors (Lipinski definition) is 1. The Hall–Kier alpha value is -2.38. The standard InChI is InChI=1S/C15H21N3O5/c1-9-7-13(17-23-9)16-14(20)10(2)22-15(21)12-5-4-6-18(8-12)11(3)19/h7,10,12H,4-6,8H2,1-3H3,(H,16,17,20)/t10-,12-/m0/s1. The number of anilines is 1. The van der Waals surface area contributed by atoms with Gasteiger partial charge in [0.2, 0.25) is 5.91 Å². The van der Waals surface area contributed by atoms with Gasteiger partial charge >= 0.3 is 5.97 Å². The summed E-state index contributed by atoms with van der Waals surface area (Å²) in [6, 6.07) is 1.57. The summed E-state index contributed by atoms with van der Waals surface area (Å²) in [5.74, 6) is -0.556. The zero-order chi connectivity index (χ0) is 17.0. The number of carbonyl (C=O) groups excluding carboxylic acids is 3. The predicted octanol–water partition coefficient (Wildman–Crippen LogP) is 1.11. The normalized spacial score (nSPS) is 19.1. The van der Waals surface area contributed by atoms with E-state index in [-0.39, 0.29) is 11.7 Å². The van der Waals surface area contributed by atoms with Crippen LogP contribution in [0.4, 0.5) is 5.82 Å². The van der Waals surface area contributed by atoms with Gasteiger partial charge < -0.3 is 19.5 Å². The van der Waals surface area contributed by atoms with E-state index in [2.05, 4.69) is 10.5 Å². The van der Waals surface area contributed by atoms with Crippen molar-refractivity contribution in [1.82, 2.24) is 10.1 Å². The van der Waals surface area contributed by atoms with Crippen LogP contribution in [0.2, 0.25) is 0 Å². The maximum absolute atomic E-state index is 12.2. The Morgan fingerprint density at radius 2 is 2.22 bits per heavy atom. The second kappa shape index (κ2) is 7.26. The first-order valence-electron chi connectivity index (χ1n) is 7.57. The highest BCUT2D eigenvalue weighted by atomic mass is 16.5. The van der Waals surface area contributed by atoms with Gasteiger partial charge in [-0.25, -0.2) is 0 Å². The fourth-order valence-corrected chi connectivity index (χ4v) is 2.43. The molecule has 1 N–H and O–H groups in total. The van der Waals surface area contributed by atoms with Gasteiger partial charge in [0.05, 0.1) is 5.92 Å². The van der Waals surface area contributed by atoms with Gasteiger partial charge in [-0.05, 0) is 26.7 Å². The predicted molar refractivity (Wildman–Crippen MR) is 80.4 cm³/mol. The van der Waals surface area contributed by atoms with Gasteiger partial charge in [-0.2, -0.15) is 0 Å². The first-order chi connectivity index (χ1) is 10.9. The van der Waals surface area contributed by atoms with Crippen LogP contribution < -0.4 is 5.32 Å². The van der Waals surface area contributed by atoms with Crippen LogP contribution in [0.5, 0.6) is 0 Å². The topological polar surface area (TPSA) is 102 Å². The van der Waals surface area contributed by atoms with E-state index in [0.29, 0.717) is 25.3 Å². The van der Waals surface area contributed by atoms with E-state index >= 15 is 0 Å². The molecule has 0 saturated carbocycles. The average molecular weight is 323 g/mol. The van der Waals surface area contributed by atoms with Gasteiger partial charge in [0.25, 0.3) is 5.91 Å². The number of hydrogen-bond acceptors (Lipinski definition) is 6. The van der Waals surface area contributed by atoms with E-state index < -0.39 is 23.9 Å². The quantitative estimate of drug-likeness (QED) is 0.833. The lowest BCUT2D eigenvalue weighted by Crippen LogP contribution is -2.43. The molecule has 2 amide bonds. The molecule has 8 heteroatoms. The Labute approximate surface area is 134 Å². The van der Waals surface area contributed by atoms with E-state index in [4.69, 9.17) is 9.26 Å². The minimum Gasteiger partial charge on any atom is -0.452 e. The highest BCUT2D eigenvalue weighted by molar-refractivity contribution is 5.94. The Morgan fingerprint density at radius 1 is 1.48 bits per heavy atom. The molecule has 8 nitrogen and oxygen atoms in total. The lowest BCUT2D eigenvalue weighted by Gasteiger charge is -2.31. The van der Waals surface area contributed by atoms with Gasteiger partial charge in [-0.3, -0.25) is 14.4 Å². The van der Waals surface area contributed by atoms with E-state index in [9.17, 15) is 14.4 Å². The molecule has 1 saturated heterocycles. The van der Waals surface area contributed by atoms with Crippen molar-refractivity contribution in [3.8, 4) is 0 Å². The first kappa shape index (κ1) is 17.0. The van der Waals surface area contributed by atoms with Crippen molar-refractivity contribution in [2.24, 2.45) is 5.92 Å². The maximum Gasteiger partial charge on any atom is 0.311 e. The van der Waals surface area contributed by atoms with Crippen molar-refractivity contribution in [2.75, 3.05) is 18.4 Å². The fourth-order valence-electron chi connectivity index (χ4n) is 2.43. The number of piperidine rings is 1. The highest BCUT2D eigenvalue weighted by Gasteiger charge is 2.30. The third-order valence-electron chi connectivity index (χ3n) is 3.74. The van der Waals surface area contributed by atoms with Crippen LogP contribution >= 0.6 is 0 Å². The van der Waals surface area contributed by atoms with Gasteiger partial charge in [0, 0.05) is 26.1 Å². The first-order valence-corrected chi connectivity index (χ1v) is 7.57. The van der Waals surface area contributed by atoms with Gasteiger partial charge in [-0.1, -0.05) is 5.16 Å². The monoisotopic (exact) mass is 323 g/mol. The van der Waals surface area contributed by atoms with Crippen molar-refractivity contribution in [1.29, 1.82) is 0 Å². The SMILES string of the molecule is CC(=O)N1CCC[C@H](C(=O)O[C@@H](C)C(=O)Nc2cc(C)on2)C1. The molecule has 1 fully saturated rings. The second-order valence-corrected chi connectivity index (χ2v) is 5.70. The smallest absolute Gasteiger partial charge is 0.311 e. The molecule has 2 heterocycles. The summed E-state index contributed by atoms with van der Waals surface area (Å²) in [5.41, 5.74) is 0. The molecule has 0 bridgehead atoms. The molecule has 2 atom stereocenters. The Balaban J connectivity index is 1.86. The number of likely N-dealkylation sites (tertiary alicyclic amines) is 1. The number of nitrogens with one attached hydrogen (secondary N) is 1. The number of rotatable bonds is 4. The van der Waals surface area contributed by atoms with E-state index in [1.807, 2.05) is 0 Å².